The van der Waals surface area contributed by atoms with Gasteiger partial charge in [-0.1, -0.05) is 30.3 Å². The Morgan fingerprint density at radius 3 is 2.62 bits per heavy atom. The third kappa shape index (κ3) is 4.88. The van der Waals surface area contributed by atoms with Gasteiger partial charge in [0.2, 0.25) is 5.91 Å². The zero-order chi connectivity index (χ0) is 18.4. The number of hydrogen-bond donors (Lipinski definition) is 1. The summed E-state index contributed by atoms with van der Waals surface area (Å²) in [7, 11) is 0. The van der Waals surface area contributed by atoms with Crippen molar-refractivity contribution < 1.29 is 9.53 Å². The first-order valence-corrected chi connectivity index (χ1v) is 9.18. The smallest absolute Gasteiger partial charge is 0.221 e. The number of aryl methyl sites for hydroxylation is 1. The molecule has 4 nitrogen and oxygen atoms in total. The topological polar surface area (TPSA) is 43.3 Å². The van der Waals surface area contributed by atoms with Gasteiger partial charge in [0, 0.05) is 31.2 Å². The molecule has 0 radical (unpaired) electrons. The fraction of sp³-hybridized carbons (Fsp3) is 0.318. The molecule has 0 aliphatic carbocycles. The number of fused-ring (bicyclic) bond motifs is 1. The van der Waals surface area contributed by atoms with Crippen LogP contribution in [0.3, 0.4) is 0 Å². The minimum absolute atomic E-state index is 0.0857. The lowest BCUT2D eigenvalue weighted by Crippen LogP contribution is -2.26. The van der Waals surface area contributed by atoms with Gasteiger partial charge in [-0.3, -0.25) is 4.79 Å². The molecule has 26 heavy (non-hydrogen) atoms. The number of rotatable bonds is 8. The maximum absolute atomic E-state index is 12.1. The molecule has 3 rings (SSSR count). The molecule has 4 heteroatoms. The van der Waals surface area contributed by atoms with E-state index in [2.05, 4.69) is 40.2 Å². The summed E-state index contributed by atoms with van der Waals surface area (Å²) in [6.45, 7) is 5.37. The van der Waals surface area contributed by atoms with Crippen LogP contribution in [0.15, 0.2) is 60.8 Å². The minimum atomic E-state index is 0.0857. The zero-order valence-electron chi connectivity index (χ0n) is 15.4. The summed E-state index contributed by atoms with van der Waals surface area (Å²) in [4.78, 5) is 12.1. The molecule has 1 aromatic heterocycles. The first-order valence-electron chi connectivity index (χ1n) is 9.18. The van der Waals surface area contributed by atoms with Crippen molar-refractivity contribution in [3.63, 3.8) is 0 Å². The average molecular weight is 350 g/mol. The summed E-state index contributed by atoms with van der Waals surface area (Å²) in [6.07, 6.45) is 3.52. The fourth-order valence-electron chi connectivity index (χ4n) is 3.00. The van der Waals surface area contributed by atoms with Gasteiger partial charge < -0.3 is 14.6 Å². The Bertz CT molecular complexity index is 850. The molecule has 1 heterocycles. The van der Waals surface area contributed by atoms with E-state index < -0.39 is 0 Å². The van der Waals surface area contributed by atoms with Crippen LogP contribution in [0.2, 0.25) is 0 Å². The Hall–Kier alpha value is -2.75. The molecular formula is C22H26N2O2. The highest BCUT2D eigenvalue weighted by Crippen LogP contribution is 2.15. The molecule has 3 aromatic rings. The zero-order valence-corrected chi connectivity index (χ0v) is 15.4. The predicted octanol–water partition coefficient (Wildman–Crippen LogP) is 4.18. The summed E-state index contributed by atoms with van der Waals surface area (Å²) in [5.41, 5.74) is 2.36. The van der Waals surface area contributed by atoms with Crippen molar-refractivity contribution in [1.29, 1.82) is 0 Å². The Morgan fingerprint density at radius 1 is 1.08 bits per heavy atom. The van der Waals surface area contributed by atoms with E-state index in [-0.39, 0.29) is 12.0 Å². The molecule has 0 atom stereocenters. The second-order valence-electron chi connectivity index (χ2n) is 6.73. The van der Waals surface area contributed by atoms with Crippen molar-refractivity contribution in [2.75, 3.05) is 6.54 Å². The summed E-state index contributed by atoms with van der Waals surface area (Å²) in [6, 6.07) is 18.4. The van der Waals surface area contributed by atoms with Gasteiger partial charge in [-0.2, -0.15) is 0 Å². The van der Waals surface area contributed by atoms with Crippen molar-refractivity contribution in [3.8, 4) is 5.75 Å². The molecule has 0 aliphatic heterocycles. The van der Waals surface area contributed by atoms with Crippen LogP contribution in [0.1, 0.15) is 25.8 Å². The van der Waals surface area contributed by atoms with Crippen LogP contribution in [0.5, 0.6) is 5.75 Å². The van der Waals surface area contributed by atoms with Crippen molar-refractivity contribution in [2.24, 2.45) is 0 Å². The van der Waals surface area contributed by atoms with Gasteiger partial charge in [0.15, 0.2) is 0 Å². The molecule has 0 unspecified atom stereocenters. The van der Waals surface area contributed by atoms with Gasteiger partial charge in [-0.25, -0.2) is 0 Å². The molecule has 1 amide bonds. The Kier molecular flexibility index (Phi) is 5.95. The summed E-state index contributed by atoms with van der Waals surface area (Å²) in [5.74, 6) is 0.967. The van der Waals surface area contributed by atoms with Crippen molar-refractivity contribution in [1.82, 2.24) is 9.88 Å². The molecule has 0 saturated heterocycles. The number of nitrogens with zero attached hydrogens (tertiary/aromatic N) is 1. The van der Waals surface area contributed by atoms with E-state index >= 15 is 0 Å². The summed E-state index contributed by atoms with van der Waals surface area (Å²) >= 11 is 0. The fourth-order valence-corrected chi connectivity index (χ4v) is 3.00. The number of nitrogens with one attached hydrogen (secondary N) is 1. The molecule has 0 spiro atoms. The molecule has 0 fully saturated rings. The third-order valence-electron chi connectivity index (χ3n) is 4.29. The van der Waals surface area contributed by atoms with Gasteiger partial charge in [0.1, 0.15) is 5.75 Å². The lowest BCUT2D eigenvalue weighted by molar-refractivity contribution is -0.121. The second kappa shape index (κ2) is 8.56. The van der Waals surface area contributed by atoms with E-state index in [4.69, 9.17) is 4.74 Å². The van der Waals surface area contributed by atoms with Gasteiger partial charge >= 0.3 is 0 Å². The van der Waals surface area contributed by atoms with E-state index in [0.717, 1.165) is 12.2 Å². The lowest BCUT2D eigenvalue weighted by Gasteiger charge is -2.10. The standard InChI is InChI=1S/C22H26N2O2/c1-17(2)26-20-9-7-18(8-10-20)11-14-23-22(25)13-16-24-15-12-19-5-3-4-6-21(19)24/h3-10,12,15,17H,11,13-14,16H2,1-2H3,(H,23,25). The minimum Gasteiger partial charge on any atom is -0.491 e. The summed E-state index contributed by atoms with van der Waals surface area (Å²) in [5, 5.41) is 4.21. The Balaban J connectivity index is 1.41. The number of carbonyl (C=O) groups is 1. The number of para-hydroxylation sites is 1. The van der Waals surface area contributed by atoms with E-state index in [0.29, 0.717) is 19.5 Å². The van der Waals surface area contributed by atoms with Crippen molar-refractivity contribution in [3.05, 3.63) is 66.4 Å². The van der Waals surface area contributed by atoms with Crippen LogP contribution in [0, 0.1) is 0 Å². The van der Waals surface area contributed by atoms with E-state index in [9.17, 15) is 4.79 Å². The number of aromatic nitrogens is 1. The van der Waals surface area contributed by atoms with Crippen molar-refractivity contribution in [2.45, 2.75) is 39.3 Å². The maximum atomic E-state index is 12.1. The number of amides is 1. The lowest BCUT2D eigenvalue weighted by atomic mass is 10.1. The number of carbonyl (C=O) groups excluding carboxylic acids is 1. The first-order chi connectivity index (χ1) is 12.6. The van der Waals surface area contributed by atoms with Crippen LogP contribution in [0.25, 0.3) is 10.9 Å². The van der Waals surface area contributed by atoms with Crippen LogP contribution >= 0.6 is 0 Å². The predicted molar refractivity (Wildman–Crippen MR) is 105 cm³/mol. The molecule has 0 aliphatic rings. The van der Waals surface area contributed by atoms with Crippen LogP contribution in [0.4, 0.5) is 0 Å². The average Bonchev–Trinajstić information content (AvgIpc) is 3.04. The van der Waals surface area contributed by atoms with Crippen LogP contribution in [-0.4, -0.2) is 23.1 Å². The van der Waals surface area contributed by atoms with Gasteiger partial charge in [-0.15, -0.1) is 0 Å². The van der Waals surface area contributed by atoms with Crippen molar-refractivity contribution >= 4 is 16.8 Å². The van der Waals surface area contributed by atoms with Gasteiger partial charge in [0.25, 0.3) is 0 Å². The highest BCUT2D eigenvalue weighted by atomic mass is 16.5. The van der Waals surface area contributed by atoms with E-state index in [1.54, 1.807) is 0 Å². The maximum Gasteiger partial charge on any atom is 0.221 e. The number of hydrogen-bond acceptors (Lipinski definition) is 2. The number of ether oxygens (including phenoxy) is 1. The van der Waals surface area contributed by atoms with Crippen LogP contribution < -0.4 is 10.1 Å². The molecule has 136 valence electrons. The third-order valence-corrected chi connectivity index (χ3v) is 4.29. The molecule has 0 bridgehead atoms. The highest BCUT2D eigenvalue weighted by molar-refractivity contribution is 5.80. The molecule has 2 aromatic carbocycles. The second-order valence-corrected chi connectivity index (χ2v) is 6.73. The Labute approximate surface area is 154 Å². The number of benzene rings is 2. The largest absolute Gasteiger partial charge is 0.491 e. The summed E-state index contributed by atoms with van der Waals surface area (Å²) < 4.78 is 7.76. The van der Waals surface area contributed by atoms with E-state index in [1.165, 1.54) is 16.5 Å². The molecule has 1 N–H and O–H groups in total. The van der Waals surface area contributed by atoms with Gasteiger partial charge in [0.05, 0.1) is 6.10 Å². The quantitative estimate of drug-likeness (QED) is 0.662. The monoisotopic (exact) mass is 350 g/mol. The van der Waals surface area contributed by atoms with E-state index in [1.807, 2.05) is 44.3 Å². The first kappa shape index (κ1) is 18.1. The Morgan fingerprint density at radius 2 is 1.85 bits per heavy atom. The van der Waals surface area contributed by atoms with Crippen LogP contribution in [-0.2, 0) is 17.8 Å². The SMILES string of the molecule is CC(C)Oc1ccc(CCNC(=O)CCn2ccc3ccccc32)cc1. The molecule has 0 saturated carbocycles. The highest BCUT2D eigenvalue weighted by Gasteiger charge is 2.05. The van der Waals surface area contributed by atoms with Gasteiger partial charge in [-0.05, 0) is 55.5 Å². The normalized spacial score (nSPS) is 11.0. The molecular weight excluding hydrogens is 324 g/mol.